The van der Waals surface area contributed by atoms with Crippen LogP contribution in [0.5, 0.6) is 0 Å². The Morgan fingerprint density at radius 3 is 1.55 bits per heavy atom. The highest BCUT2D eigenvalue weighted by Crippen LogP contribution is 2.44. The zero-order chi connectivity index (χ0) is 21.5. The Kier molecular flexibility index (Phi) is 14.7. The van der Waals surface area contributed by atoms with Crippen molar-refractivity contribution in [1.29, 1.82) is 0 Å². The quantitative estimate of drug-likeness (QED) is 0.189. The fourth-order valence-corrected chi connectivity index (χ4v) is 5.82. The van der Waals surface area contributed by atoms with E-state index in [1.165, 1.54) is 70.6 Å². The maximum atomic E-state index is 12.4. The molecule has 0 aliphatic carbocycles. The van der Waals surface area contributed by atoms with Crippen LogP contribution >= 0.6 is 7.37 Å². The molecule has 5 atom stereocenters. The molecule has 4 N–H and O–H groups in total. The Morgan fingerprint density at radius 2 is 1.14 bits per heavy atom. The van der Waals surface area contributed by atoms with Crippen molar-refractivity contribution in [3.05, 3.63) is 0 Å². The van der Waals surface area contributed by atoms with Crippen LogP contribution in [0.4, 0.5) is 0 Å². The first-order valence-electron chi connectivity index (χ1n) is 11.8. The average Bonchev–Trinajstić information content (AvgIpc) is 2.95. The van der Waals surface area contributed by atoms with Crippen LogP contribution in [-0.4, -0.2) is 63.6 Å². The molecule has 0 aromatic heterocycles. The van der Waals surface area contributed by atoms with E-state index in [-0.39, 0.29) is 12.3 Å². The molecular formula is C22H45O6P. The molecule has 6 nitrogen and oxygen atoms in total. The van der Waals surface area contributed by atoms with E-state index in [4.69, 9.17) is 9.84 Å². The lowest BCUT2D eigenvalue weighted by atomic mass is 10.0. The number of aliphatic hydroxyl groups excluding tert-OH is 3. The van der Waals surface area contributed by atoms with Gasteiger partial charge in [0.05, 0.1) is 18.9 Å². The van der Waals surface area contributed by atoms with Crippen molar-refractivity contribution in [3.8, 4) is 0 Å². The Bertz CT molecular complexity index is 447. The Balaban J connectivity index is 1.97. The zero-order valence-corrected chi connectivity index (χ0v) is 19.3. The summed E-state index contributed by atoms with van der Waals surface area (Å²) in [7, 11) is -3.40. The van der Waals surface area contributed by atoms with Crippen LogP contribution in [0.2, 0.25) is 0 Å². The van der Waals surface area contributed by atoms with Crippen LogP contribution in [0.15, 0.2) is 0 Å². The number of ether oxygens (including phenoxy) is 1. The van der Waals surface area contributed by atoms with Crippen LogP contribution < -0.4 is 0 Å². The lowest BCUT2D eigenvalue weighted by molar-refractivity contribution is -0.0168. The fraction of sp³-hybridized carbons (Fsp3) is 1.00. The second-order valence-electron chi connectivity index (χ2n) is 8.73. The van der Waals surface area contributed by atoms with Crippen molar-refractivity contribution < 1.29 is 29.5 Å². The van der Waals surface area contributed by atoms with Gasteiger partial charge >= 0.3 is 0 Å². The van der Waals surface area contributed by atoms with E-state index in [2.05, 4.69) is 6.92 Å². The highest BCUT2D eigenvalue weighted by molar-refractivity contribution is 7.58. The topological polar surface area (TPSA) is 107 Å². The molecule has 0 bridgehead atoms. The van der Waals surface area contributed by atoms with E-state index < -0.39 is 38.4 Å². The van der Waals surface area contributed by atoms with E-state index in [1.54, 1.807) is 0 Å². The van der Waals surface area contributed by atoms with E-state index in [1.807, 2.05) is 0 Å². The van der Waals surface area contributed by atoms with Crippen molar-refractivity contribution >= 4 is 7.37 Å². The molecule has 1 aliphatic heterocycles. The summed E-state index contributed by atoms with van der Waals surface area (Å²) in [6.07, 6.45) is 13.2. The molecule has 1 heterocycles. The molecule has 0 amide bonds. The van der Waals surface area contributed by atoms with Gasteiger partial charge in [0.1, 0.15) is 18.3 Å². The first-order valence-corrected chi connectivity index (χ1v) is 13.9. The molecule has 29 heavy (non-hydrogen) atoms. The van der Waals surface area contributed by atoms with Gasteiger partial charge in [0.25, 0.3) is 0 Å². The number of rotatable bonds is 18. The summed E-state index contributed by atoms with van der Waals surface area (Å²) < 4.78 is 17.7. The number of hydrogen-bond donors (Lipinski definition) is 4. The van der Waals surface area contributed by atoms with Gasteiger partial charge in [-0.25, -0.2) is 0 Å². The van der Waals surface area contributed by atoms with Crippen LogP contribution in [0.1, 0.15) is 96.8 Å². The Morgan fingerprint density at radius 1 is 0.724 bits per heavy atom. The molecule has 1 unspecified atom stereocenters. The van der Waals surface area contributed by atoms with Gasteiger partial charge < -0.3 is 24.9 Å². The van der Waals surface area contributed by atoms with Gasteiger partial charge in [-0.15, -0.1) is 0 Å². The molecule has 0 radical (unpaired) electrons. The Labute approximate surface area is 177 Å². The molecule has 1 saturated heterocycles. The molecule has 1 fully saturated rings. The average molecular weight is 437 g/mol. The standard InChI is InChI=1S/C22H45O6P/c1-2-3-4-5-6-7-8-9-10-11-12-13-14-15-16-29(26,27)18-20-22(25)21(24)19(17-23)28-20/h19-25H,2-18H2,1H3,(H,26,27)/t19-,20+,21-,22-/m1/s1. The maximum absolute atomic E-state index is 12.4. The lowest BCUT2D eigenvalue weighted by Gasteiger charge is -2.18. The number of hydrogen-bond acceptors (Lipinski definition) is 5. The highest BCUT2D eigenvalue weighted by Gasteiger charge is 2.44. The summed E-state index contributed by atoms with van der Waals surface area (Å²) in [4.78, 5) is 10.1. The molecule has 1 aliphatic rings. The van der Waals surface area contributed by atoms with E-state index in [9.17, 15) is 19.7 Å². The third kappa shape index (κ3) is 11.9. The first kappa shape index (κ1) is 27.1. The predicted molar refractivity (Wildman–Crippen MR) is 118 cm³/mol. The van der Waals surface area contributed by atoms with Crippen molar-refractivity contribution in [3.63, 3.8) is 0 Å². The minimum Gasteiger partial charge on any atom is -0.394 e. The van der Waals surface area contributed by atoms with Crippen LogP contribution in [0.3, 0.4) is 0 Å². The lowest BCUT2D eigenvalue weighted by Crippen LogP contribution is -2.34. The van der Waals surface area contributed by atoms with Crippen LogP contribution in [0.25, 0.3) is 0 Å². The fourth-order valence-electron chi connectivity index (χ4n) is 4.05. The largest absolute Gasteiger partial charge is 0.394 e. The molecule has 0 spiro atoms. The minimum absolute atomic E-state index is 0.166. The van der Waals surface area contributed by atoms with Crippen LogP contribution in [-0.2, 0) is 9.30 Å². The number of unbranched alkanes of at least 4 members (excludes halogenated alkanes) is 13. The van der Waals surface area contributed by atoms with Gasteiger partial charge in [-0.3, -0.25) is 4.57 Å². The van der Waals surface area contributed by atoms with Gasteiger partial charge in [-0.05, 0) is 6.42 Å². The van der Waals surface area contributed by atoms with Gasteiger partial charge in [0.15, 0.2) is 0 Å². The third-order valence-corrected chi connectivity index (χ3v) is 7.91. The third-order valence-electron chi connectivity index (χ3n) is 5.97. The van der Waals surface area contributed by atoms with Gasteiger partial charge in [-0.1, -0.05) is 90.4 Å². The molecular weight excluding hydrogens is 391 g/mol. The summed E-state index contributed by atoms with van der Waals surface area (Å²) in [5.74, 6) is 0. The van der Waals surface area contributed by atoms with E-state index >= 15 is 0 Å². The molecule has 0 aromatic rings. The van der Waals surface area contributed by atoms with E-state index in [0.29, 0.717) is 6.42 Å². The second-order valence-corrected chi connectivity index (χ2v) is 11.2. The summed E-state index contributed by atoms with van der Waals surface area (Å²) >= 11 is 0. The monoisotopic (exact) mass is 436 g/mol. The summed E-state index contributed by atoms with van der Waals surface area (Å²) in [5.41, 5.74) is 0. The van der Waals surface area contributed by atoms with Crippen molar-refractivity contribution in [1.82, 2.24) is 0 Å². The Hall–Kier alpha value is 0.0300. The molecule has 7 heteroatoms. The summed E-state index contributed by atoms with van der Waals surface area (Å²) in [6.45, 7) is 1.84. The predicted octanol–water partition coefficient (Wildman–Crippen LogP) is 4.22. The molecule has 174 valence electrons. The maximum Gasteiger partial charge on any atom is 0.203 e. The molecule has 0 aromatic carbocycles. The highest BCUT2D eigenvalue weighted by atomic mass is 31.2. The van der Waals surface area contributed by atoms with Crippen LogP contribution in [0, 0.1) is 0 Å². The van der Waals surface area contributed by atoms with Crippen molar-refractivity contribution in [2.75, 3.05) is 18.9 Å². The van der Waals surface area contributed by atoms with Gasteiger partial charge in [0, 0.05) is 6.16 Å². The summed E-state index contributed by atoms with van der Waals surface area (Å²) in [6, 6.07) is 0. The zero-order valence-electron chi connectivity index (χ0n) is 18.4. The SMILES string of the molecule is CCCCCCCCCCCCCCCCP(=O)(O)C[C@@H]1O[C@H](CO)[C@@H](O)[C@@H]1O. The van der Waals surface area contributed by atoms with Gasteiger partial charge in [0.2, 0.25) is 7.37 Å². The normalized spacial score (nSPS) is 26.7. The molecule has 1 rings (SSSR count). The first-order chi connectivity index (χ1) is 13.9. The molecule has 0 saturated carbocycles. The van der Waals surface area contributed by atoms with Crippen molar-refractivity contribution in [2.24, 2.45) is 0 Å². The second kappa shape index (κ2) is 15.8. The van der Waals surface area contributed by atoms with Crippen molar-refractivity contribution in [2.45, 2.75) is 121 Å². The summed E-state index contributed by atoms with van der Waals surface area (Å²) in [5, 5.41) is 28.7. The number of aliphatic hydroxyl groups is 3. The minimum atomic E-state index is -3.40. The smallest absolute Gasteiger partial charge is 0.203 e. The van der Waals surface area contributed by atoms with E-state index in [0.717, 1.165) is 12.8 Å². The van der Waals surface area contributed by atoms with Gasteiger partial charge in [-0.2, -0.15) is 0 Å².